The minimum Gasteiger partial charge on any atom is -0.481 e. The summed E-state index contributed by atoms with van der Waals surface area (Å²) in [5, 5.41) is 35.9. The highest BCUT2D eigenvalue weighted by atomic mass is 16.4. The zero-order valence-electron chi connectivity index (χ0n) is 20.6. The van der Waals surface area contributed by atoms with Crippen molar-refractivity contribution in [3.8, 4) is 0 Å². The van der Waals surface area contributed by atoms with Crippen molar-refractivity contribution in [3.63, 3.8) is 0 Å². The number of aliphatic hydroxyl groups excluding tert-OH is 1. The van der Waals surface area contributed by atoms with E-state index in [4.69, 9.17) is 10.8 Å². The van der Waals surface area contributed by atoms with Gasteiger partial charge in [0.2, 0.25) is 17.7 Å². The zero-order valence-corrected chi connectivity index (χ0v) is 20.6. The van der Waals surface area contributed by atoms with Crippen LogP contribution in [0.4, 0.5) is 0 Å². The number of carbonyl (C=O) groups excluding carboxylic acids is 3. The van der Waals surface area contributed by atoms with Crippen molar-refractivity contribution in [3.05, 3.63) is 36.0 Å². The topological polar surface area (TPSA) is 224 Å². The van der Waals surface area contributed by atoms with Gasteiger partial charge in [0.05, 0.1) is 19.1 Å². The van der Waals surface area contributed by atoms with Gasteiger partial charge in [0.15, 0.2) is 0 Å². The summed E-state index contributed by atoms with van der Waals surface area (Å²) in [5.41, 5.74) is 6.96. The zero-order chi connectivity index (χ0) is 27.7. The Bertz CT molecular complexity index is 1130. The molecule has 0 saturated heterocycles. The number of carbonyl (C=O) groups is 5. The van der Waals surface area contributed by atoms with E-state index in [0.717, 1.165) is 10.9 Å². The van der Waals surface area contributed by atoms with Crippen LogP contribution in [0.2, 0.25) is 0 Å². The number of benzene rings is 1. The Kier molecular flexibility index (Phi) is 10.6. The number of para-hydroxylation sites is 1. The lowest BCUT2D eigenvalue weighted by Gasteiger charge is -2.25. The van der Waals surface area contributed by atoms with E-state index in [2.05, 4.69) is 20.9 Å². The third-order valence-electron chi connectivity index (χ3n) is 5.60. The summed E-state index contributed by atoms with van der Waals surface area (Å²) < 4.78 is 0. The van der Waals surface area contributed by atoms with E-state index < -0.39 is 66.9 Å². The lowest BCUT2D eigenvalue weighted by molar-refractivity contribution is -0.142. The molecule has 9 N–H and O–H groups in total. The van der Waals surface area contributed by atoms with E-state index in [1.807, 2.05) is 18.2 Å². The minimum absolute atomic E-state index is 0.0276. The van der Waals surface area contributed by atoms with Crippen LogP contribution < -0.4 is 21.7 Å². The maximum Gasteiger partial charge on any atom is 0.326 e. The standard InChI is InChI=1S/C24H33N5O8/c1-12(2)7-18(24(36)37)28-22(34)17(8-13-10-26-16-6-4-3-5-14(13)16)27-23(35)19(11-30)29-21(33)15(25)9-20(31)32/h3-6,10,12,15,17-19,26,30H,7-9,11,25H2,1-2H3,(H,27,35)(H,28,34)(H,29,33)(H,31,32)(H,36,37). The molecule has 0 saturated carbocycles. The number of aromatic amines is 1. The Morgan fingerprint density at radius 1 is 0.919 bits per heavy atom. The maximum absolute atomic E-state index is 13.2. The van der Waals surface area contributed by atoms with Gasteiger partial charge in [-0.15, -0.1) is 0 Å². The average molecular weight is 520 g/mol. The summed E-state index contributed by atoms with van der Waals surface area (Å²) in [6.45, 7) is 2.75. The van der Waals surface area contributed by atoms with Gasteiger partial charge in [-0.05, 0) is 24.0 Å². The second-order valence-electron chi connectivity index (χ2n) is 9.10. The summed E-state index contributed by atoms with van der Waals surface area (Å²) in [6.07, 6.45) is 1.10. The van der Waals surface area contributed by atoms with Crippen molar-refractivity contribution in [2.75, 3.05) is 6.61 Å². The molecule has 0 bridgehead atoms. The van der Waals surface area contributed by atoms with Crippen LogP contribution in [0.15, 0.2) is 30.5 Å². The molecule has 37 heavy (non-hydrogen) atoms. The Hall–Kier alpha value is -3.97. The Labute approximate surface area is 212 Å². The summed E-state index contributed by atoms with van der Waals surface area (Å²) in [6, 6.07) is 1.81. The number of rotatable bonds is 14. The van der Waals surface area contributed by atoms with Crippen molar-refractivity contribution in [2.24, 2.45) is 11.7 Å². The third-order valence-corrected chi connectivity index (χ3v) is 5.60. The molecule has 1 aromatic heterocycles. The summed E-state index contributed by atoms with van der Waals surface area (Å²) >= 11 is 0. The number of carboxylic acids is 2. The second-order valence-corrected chi connectivity index (χ2v) is 9.10. The molecule has 2 aromatic rings. The van der Waals surface area contributed by atoms with Gasteiger partial charge in [0.1, 0.15) is 18.1 Å². The molecular formula is C24H33N5O8. The number of hydrogen-bond donors (Lipinski definition) is 8. The van der Waals surface area contributed by atoms with E-state index in [1.54, 1.807) is 26.1 Å². The first-order valence-electron chi connectivity index (χ1n) is 11.7. The maximum atomic E-state index is 13.2. The Morgan fingerprint density at radius 2 is 1.51 bits per heavy atom. The number of aliphatic carboxylic acids is 2. The quantitative estimate of drug-likeness (QED) is 0.154. The number of aromatic nitrogens is 1. The first-order chi connectivity index (χ1) is 17.4. The molecule has 0 aliphatic rings. The molecule has 0 aliphatic heterocycles. The molecule has 0 spiro atoms. The number of H-pyrrole nitrogens is 1. The highest BCUT2D eigenvalue weighted by molar-refractivity contribution is 5.95. The second kappa shape index (κ2) is 13.4. The molecule has 1 aromatic carbocycles. The molecule has 4 atom stereocenters. The molecule has 4 unspecified atom stereocenters. The van der Waals surface area contributed by atoms with Crippen LogP contribution in [0.3, 0.4) is 0 Å². The van der Waals surface area contributed by atoms with E-state index >= 15 is 0 Å². The fraction of sp³-hybridized carbons (Fsp3) is 0.458. The van der Waals surface area contributed by atoms with Crippen LogP contribution >= 0.6 is 0 Å². The average Bonchev–Trinajstić information content (AvgIpc) is 3.23. The van der Waals surface area contributed by atoms with Crippen molar-refractivity contribution >= 4 is 40.6 Å². The molecular weight excluding hydrogens is 486 g/mol. The van der Waals surface area contributed by atoms with Gasteiger partial charge in [0.25, 0.3) is 0 Å². The predicted molar refractivity (Wildman–Crippen MR) is 132 cm³/mol. The molecule has 13 heteroatoms. The molecule has 2 rings (SSSR count). The van der Waals surface area contributed by atoms with E-state index in [1.165, 1.54) is 0 Å². The highest BCUT2D eigenvalue weighted by Crippen LogP contribution is 2.19. The number of aliphatic hydroxyl groups is 1. The molecule has 13 nitrogen and oxygen atoms in total. The Balaban J connectivity index is 2.26. The van der Waals surface area contributed by atoms with Crippen molar-refractivity contribution in [2.45, 2.75) is 57.3 Å². The monoisotopic (exact) mass is 519 g/mol. The van der Waals surface area contributed by atoms with Gasteiger partial charge in [-0.3, -0.25) is 19.2 Å². The van der Waals surface area contributed by atoms with Gasteiger partial charge < -0.3 is 42.0 Å². The Morgan fingerprint density at radius 3 is 2.11 bits per heavy atom. The fourth-order valence-corrected chi connectivity index (χ4v) is 3.72. The molecule has 0 aliphatic carbocycles. The molecule has 0 radical (unpaired) electrons. The third kappa shape index (κ3) is 8.58. The molecule has 202 valence electrons. The number of nitrogens with one attached hydrogen (secondary N) is 4. The van der Waals surface area contributed by atoms with Gasteiger partial charge in [0, 0.05) is 23.5 Å². The van der Waals surface area contributed by atoms with Crippen LogP contribution in [0.1, 0.15) is 32.3 Å². The number of fused-ring (bicyclic) bond motifs is 1. The molecule has 3 amide bonds. The van der Waals surface area contributed by atoms with Crippen molar-refractivity contribution in [1.82, 2.24) is 20.9 Å². The fourth-order valence-electron chi connectivity index (χ4n) is 3.72. The first kappa shape index (κ1) is 29.3. The largest absolute Gasteiger partial charge is 0.481 e. The number of carboxylic acid groups (broad SMARTS) is 2. The summed E-state index contributed by atoms with van der Waals surface area (Å²) in [4.78, 5) is 63.8. The van der Waals surface area contributed by atoms with E-state index in [9.17, 15) is 34.2 Å². The van der Waals surface area contributed by atoms with Gasteiger partial charge in [-0.1, -0.05) is 32.0 Å². The van der Waals surface area contributed by atoms with Gasteiger partial charge in [-0.25, -0.2) is 4.79 Å². The highest BCUT2D eigenvalue weighted by Gasteiger charge is 2.31. The summed E-state index contributed by atoms with van der Waals surface area (Å²) in [7, 11) is 0. The van der Waals surface area contributed by atoms with Gasteiger partial charge >= 0.3 is 11.9 Å². The van der Waals surface area contributed by atoms with Crippen molar-refractivity contribution < 1.29 is 39.3 Å². The van der Waals surface area contributed by atoms with Crippen LogP contribution in [0, 0.1) is 5.92 Å². The lowest BCUT2D eigenvalue weighted by Crippen LogP contribution is -2.58. The number of hydrogen-bond acceptors (Lipinski definition) is 7. The molecule has 1 heterocycles. The van der Waals surface area contributed by atoms with Crippen LogP contribution in [-0.2, 0) is 30.4 Å². The number of nitrogens with two attached hydrogens (primary N) is 1. The smallest absolute Gasteiger partial charge is 0.326 e. The first-order valence-corrected chi connectivity index (χ1v) is 11.7. The van der Waals surface area contributed by atoms with Crippen LogP contribution in [0.25, 0.3) is 10.9 Å². The normalized spacial score (nSPS) is 14.4. The summed E-state index contributed by atoms with van der Waals surface area (Å²) in [5.74, 6) is -5.26. The van der Waals surface area contributed by atoms with Crippen molar-refractivity contribution in [1.29, 1.82) is 0 Å². The predicted octanol–water partition coefficient (Wildman–Crippen LogP) is -0.910. The lowest BCUT2D eigenvalue weighted by atomic mass is 10.0. The van der Waals surface area contributed by atoms with E-state index in [-0.39, 0.29) is 18.8 Å². The SMILES string of the molecule is CC(C)CC(NC(=O)C(Cc1c[nH]c2ccccc12)NC(=O)C(CO)NC(=O)C(N)CC(=O)O)C(=O)O. The molecule has 0 fully saturated rings. The van der Waals surface area contributed by atoms with Crippen LogP contribution in [-0.4, -0.2) is 80.7 Å². The van der Waals surface area contributed by atoms with E-state index in [0.29, 0.717) is 5.56 Å². The van der Waals surface area contributed by atoms with Crippen LogP contribution in [0.5, 0.6) is 0 Å². The number of amides is 3. The van der Waals surface area contributed by atoms with Gasteiger partial charge in [-0.2, -0.15) is 0 Å². The minimum atomic E-state index is -1.53.